The molecule has 3 aromatic rings. The first kappa shape index (κ1) is 16.1. The molecule has 3 nitrogen and oxygen atoms in total. The van der Waals surface area contributed by atoms with E-state index < -0.39 is 0 Å². The number of nitrogens with zero attached hydrogens (tertiary/aromatic N) is 2. The number of likely N-dealkylation sites (tertiary alicyclic amines) is 1. The molecular weight excluding hydrogens is 320 g/mol. The molecule has 1 atom stereocenters. The maximum Gasteiger partial charge on any atom is 0.134 e. The Morgan fingerprint density at radius 1 is 1.04 bits per heavy atom. The van der Waals surface area contributed by atoms with Crippen LogP contribution in [-0.4, -0.2) is 36.5 Å². The van der Waals surface area contributed by atoms with E-state index in [4.69, 9.17) is 4.42 Å². The van der Waals surface area contributed by atoms with Crippen molar-refractivity contribution in [1.29, 1.82) is 0 Å². The standard InChI is InChI=1S/C23H26N2O/c1-24-15-19-12-17(14-25-10-4-5-11-25)8-9-20(19)21(16-24)23-13-18-6-2-3-7-22(18)26-23/h2-3,6-9,12-13,21H,4-5,10-11,14-16H2,1H3. The number of furan rings is 1. The van der Waals surface area contributed by atoms with Crippen LogP contribution in [0, 0.1) is 0 Å². The molecule has 3 heteroatoms. The molecular formula is C23H26N2O. The highest BCUT2D eigenvalue weighted by Crippen LogP contribution is 2.36. The van der Waals surface area contributed by atoms with Crippen molar-refractivity contribution >= 4 is 11.0 Å². The first-order chi connectivity index (χ1) is 12.8. The smallest absolute Gasteiger partial charge is 0.134 e. The van der Waals surface area contributed by atoms with Gasteiger partial charge in [-0.25, -0.2) is 0 Å². The van der Waals surface area contributed by atoms with E-state index in [0.717, 1.165) is 31.0 Å². The van der Waals surface area contributed by atoms with Crippen molar-refractivity contribution < 1.29 is 4.42 Å². The number of para-hydroxylation sites is 1. The third kappa shape index (κ3) is 2.95. The number of benzene rings is 2. The first-order valence-electron chi connectivity index (χ1n) is 9.77. The van der Waals surface area contributed by atoms with Gasteiger partial charge in [0, 0.05) is 25.0 Å². The molecule has 2 aliphatic heterocycles. The Morgan fingerprint density at radius 3 is 2.73 bits per heavy atom. The molecule has 0 N–H and O–H groups in total. The van der Waals surface area contributed by atoms with Gasteiger partial charge in [-0.15, -0.1) is 0 Å². The molecule has 26 heavy (non-hydrogen) atoms. The van der Waals surface area contributed by atoms with Crippen LogP contribution in [0.25, 0.3) is 11.0 Å². The summed E-state index contributed by atoms with van der Waals surface area (Å²) < 4.78 is 6.22. The van der Waals surface area contributed by atoms with E-state index in [-0.39, 0.29) is 0 Å². The van der Waals surface area contributed by atoms with E-state index in [2.05, 4.69) is 59.3 Å². The Morgan fingerprint density at radius 2 is 1.88 bits per heavy atom. The van der Waals surface area contributed by atoms with Gasteiger partial charge in [0.15, 0.2) is 0 Å². The van der Waals surface area contributed by atoms with Crippen molar-refractivity contribution in [3.63, 3.8) is 0 Å². The van der Waals surface area contributed by atoms with Gasteiger partial charge in [-0.3, -0.25) is 4.90 Å². The molecule has 1 saturated heterocycles. The van der Waals surface area contributed by atoms with Gasteiger partial charge in [-0.1, -0.05) is 36.4 Å². The van der Waals surface area contributed by atoms with Crippen LogP contribution in [0.15, 0.2) is 52.9 Å². The van der Waals surface area contributed by atoms with Crippen molar-refractivity contribution in [3.05, 3.63) is 71.0 Å². The highest BCUT2D eigenvalue weighted by Gasteiger charge is 2.27. The second-order valence-electron chi connectivity index (χ2n) is 7.95. The van der Waals surface area contributed by atoms with Crippen molar-refractivity contribution in [2.45, 2.75) is 31.8 Å². The summed E-state index contributed by atoms with van der Waals surface area (Å²) in [5, 5.41) is 1.20. The van der Waals surface area contributed by atoms with Crippen molar-refractivity contribution in [3.8, 4) is 0 Å². The molecule has 0 aliphatic carbocycles. The van der Waals surface area contributed by atoms with E-state index in [0.29, 0.717) is 5.92 Å². The monoisotopic (exact) mass is 346 g/mol. The largest absolute Gasteiger partial charge is 0.460 e. The van der Waals surface area contributed by atoms with Crippen molar-refractivity contribution in [2.24, 2.45) is 0 Å². The maximum absolute atomic E-state index is 6.22. The first-order valence-corrected chi connectivity index (χ1v) is 9.77. The molecule has 134 valence electrons. The minimum absolute atomic E-state index is 0.317. The Labute approximate surface area is 155 Å². The van der Waals surface area contributed by atoms with Crippen LogP contribution < -0.4 is 0 Å². The summed E-state index contributed by atoms with van der Waals surface area (Å²) in [4.78, 5) is 4.99. The van der Waals surface area contributed by atoms with Gasteiger partial charge in [-0.05, 0) is 61.8 Å². The summed E-state index contributed by atoms with van der Waals surface area (Å²) in [5.41, 5.74) is 5.33. The second kappa shape index (κ2) is 6.57. The highest BCUT2D eigenvalue weighted by molar-refractivity contribution is 5.78. The fourth-order valence-corrected chi connectivity index (χ4v) is 4.62. The Balaban J connectivity index is 1.49. The minimum atomic E-state index is 0.317. The summed E-state index contributed by atoms with van der Waals surface area (Å²) in [6.07, 6.45) is 2.70. The minimum Gasteiger partial charge on any atom is -0.460 e. The second-order valence-corrected chi connectivity index (χ2v) is 7.95. The molecule has 0 amide bonds. The quantitative estimate of drug-likeness (QED) is 0.691. The zero-order chi connectivity index (χ0) is 17.5. The van der Waals surface area contributed by atoms with Gasteiger partial charge in [-0.2, -0.15) is 0 Å². The summed E-state index contributed by atoms with van der Waals surface area (Å²) in [6.45, 7) is 5.63. The average molecular weight is 346 g/mol. The lowest BCUT2D eigenvalue weighted by molar-refractivity contribution is 0.281. The molecule has 0 spiro atoms. The Kier molecular flexibility index (Phi) is 4.07. The van der Waals surface area contributed by atoms with E-state index >= 15 is 0 Å². The van der Waals surface area contributed by atoms with Gasteiger partial charge < -0.3 is 9.32 Å². The third-order valence-corrected chi connectivity index (χ3v) is 5.91. The van der Waals surface area contributed by atoms with Gasteiger partial charge in [0.1, 0.15) is 11.3 Å². The lowest BCUT2D eigenvalue weighted by Gasteiger charge is -2.32. The number of fused-ring (bicyclic) bond motifs is 2. The Bertz CT molecular complexity index is 890. The molecule has 1 aromatic heterocycles. The molecule has 2 aromatic carbocycles. The van der Waals surface area contributed by atoms with E-state index in [1.165, 1.54) is 48.0 Å². The molecule has 0 bridgehead atoms. The normalized spacial score (nSPS) is 21.3. The molecule has 2 aliphatic rings. The summed E-state index contributed by atoms with van der Waals surface area (Å²) in [5.74, 6) is 1.41. The average Bonchev–Trinajstić information content (AvgIpc) is 3.29. The van der Waals surface area contributed by atoms with Crippen LogP contribution in [0.4, 0.5) is 0 Å². The molecule has 0 radical (unpaired) electrons. The van der Waals surface area contributed by atoms with Crippen LogP contribution in [0.1, 0.15) is 41.2 Å². The van der Waals surface area contributed by atoms with Crippen LogP contribution in [-0.2, 0) is 13.1 Å². The van der Waals surface area contributed by atoms with Gasteiger partial charge in [0.25, 0.3) is 0 Å². The maximum atomic E-state index is 6.22. The Hall–Kier alpha value is -2.10. The number of hydrogen-bond acceptors (Lipinski definition) is 3. The predicted molar refractivity (Wildman–Crippen MR) is 105 cm³/mol. The van der Waals surface area contributed by atoms with Crippen LogP contribution in [0.5, 0.6) is 0 Å². The molecule has 1 unspecified atom stereocenters. The lowest BCUT2D eigenvalue weighted by Crippen LogP contribution is -2.31. The number of hydrogen-bond donors (Lipinski definition) is 0. The zero-order valence-corrected chi connectivity index (χ0v) is 15.4. The van der Waals surface area contributed by atoms with Gasteiger partial charge >= 0.3 is 0 Å². The van der Waals surface area contributed by atoms with E-state index in [1.54, 1.807) is 0 Å². The van der Waals surface area contributed by atoms with Crippen molar-refractivity contribution in [2.75, 3.05) is 26.7 Å². The van der Waals surface area contributed by atoms with Gasteiger partial charge in [0.05, 0.1) is 5.92 Å². The van der Waals surface area contributed by atoms with Crippen LogP contribution >= 0.6 is 0 Å². The lowest BCUT2D eigenvalue weighted by atomic mass is 9.87. The number of rotatable bonds is 3. The SMILES string of the molecule is CN1Cc2cc(CN3CCCC3)ccc2C(c2cc3ccccc3o2)C1. The molecule has 1 fully saturated rings. The highest BCUT2D eigenvalue weighted by atomic mass is 16.3. The summed E-state index contributed by atoms with van der Waals surface area (Å²) >= 11 is 0. The van der Waals surface area contributed by atoms with E-state index in [1.807, 2.05) is 6.07 Å². The fourth-order valence-electron chi connectivity index (χ4n) is 4.62. The topological polar surface area (TPSA) is 19.6 Å². The van der Waals surface area contributed by atoms with Crippen LogP contribution in [0.2, 0.25) is 0 Å². The molecule has 3 heterocycles. The molecule has 5 rings (SSSR count). The van der Waals surface area contributed by atoms with Crippen LogP contribution in [0.3, 0.4) is 0 Å². The van der Waals surface area contributed by atoms with Gasteiger partial charge in [0.2, 0.25) is 0 Å². The third-order valence-electron chi connectivity index (χ3n) is 5.91. The zero-order valence-electron chi connectivity index (χ0n) is 15.4. The number of likely N-dealkylation sites (N-methyl/N-ethyl adjacent to an activating group) is 1. The molecule has 0 saturated carbocycles. The summed E-state index contributed by atoms with van der Waals surface area (Å²) in [7, 11) is 2.21. The fraction of sp³-hybridized carbons (Fsp3) is 0.391. The van der Waals surface area contributed by atoms with Crippen molar-refractivity contribution in [1.82, 2.24) is 9.80 Å². The summed E-state index contributed by atoms with van der Waals surface area (Å²) in [6, 6.07) is 17.7. The predicted octanol–water partition coefficient (Wildman–Crippen LogP) is 4.61. The van der Waals surface area contributed by atoms with E-state index in [9.17, 15) is 0 Å².